The number of fused-ring (bicyclic) bond motifs is 5. The van der Waals surface area contributed by atoms with Gasteiger partial charge in [-0.25, -0.2) is 5.90 Å². The minimum atomic E-state index is -0.155. The van der Waals surface area contributed by atoms with Crippen LogP contribution in [0, 0.1) is 35.0 Å². The molecule has 3 N–H and O–H groups in total. The van der Waals surface area contributed by atoms with E-state index in [0.717, 1.165) is 32.1 Å². The lowest BCUT2D eigenvalue weighted by molar-refractivity contribution is -0.111. The van der Waals surface area contributed by atoms with Gasteiger partial charge in [-0.3, -0.25) is 4.79 Å². The van der Waals surface area contributed by atoms with E-state index < -0.39 is 0 Å². The van der Waals surface area contributed by atoms with Crippen LogP contribution < -0.4 is 5.90 Å². The quantitative estimate of drug-likeness (QED) is 0.767. The summed E-state index contributed by atoms with van der Waals surface area (Å²) in [5, 5.41) is 10.5. The van der Waals surface area contributed by atoms with Crippen LogP contribution in [0.2, 0.25) is 0 Å². The van der Waals surface area contributed by atoms with Crippen molar-refractivity contribution in [2.45, 2.75) is 45.1 Å². The minimum Gasteiger partial charge on any atom is -0.393 e. The molecule has 3 saturated carbocycles. The molecule has 4 aliphatic rings. The van der Waals surface area contributed by atoms with Crippen LogP contribution in [0.4, 0.5) is 0 Å². The standard InChI is InChI=1S/C19H27NO3/c1-19-7-6-14-13-3-2-12(21)9-15(13)11(10-23-20)8-16(14)17(19)4-5-18(19)22/h2-3,9,11,13-14,16-18,22H,4-8,10,20H2,1H3/t11-,13?,14+,16+,17-,18?,19-/m0/s1. The maximum absolute atomic E-state index is 11.8. The second-order valence-electron chi connectivity index (χ2n) is 8.27. The third-order valence-corrected chi connectivity index (χ3v) is 7.39. The first-order chi connectivity index (χ1) is 11.0. The first kappa shape index (κ1) is 15.6. The zero-order valence-electron chi connectivity index (χ0n) is 13.8. The van der Waals surface area contributed by atoms with Crippen molar-refractivity contribution in [2.24, 2.45) is 40.9 Å². The van der Waals surface area contributed by atoms with Gasteiger partial charge in [0.15, 0.2) is 5.78 Å². The predicted molar refractivity (Wildman–Crippen MR) is 87.0 cm³/mol. The van der Waals surface area contributed by atoms with Crippen LogP contribution in [0.1, 0.15) is 39.0 Å². The zero-order chi connectivity index (χ0) is 16.2. The lowest BCUT2D eigenvalue weighted by Crippen LogP contribution is -2.49. The number of allylic oxidation sites excluding steroid dienone is 3. The molecule has 0 spiro atoms. The molecule has 2 unspecified atom stereocenters. The Labute approximate surface area is 137 Å². The third-order valence-electron chi connectivity index (χ3n) is 7.39. The molecule has 0 aliphatic heterocycles. The molecule has 0 aromatic rings. The van der Waals surface area contributed by atoms with Gasteiger partial charge in [0.05, 0.1) is 12.7 Å². The Morgan fingerprint density at radius 1 is 1.35 bits per heavy atom. The maximum atomic E-state index is 11.8. The fourth-order valence-corrected chi connectivity index (χ4v) is 6.22. The van der Waals surface area contributed by atoms with E-state index in [1.54, 1.807) is 6.08 Å². The molecule has 0 amide bonds. The number of aliphatic hydroxyl groups excluding tert-OH is 1. The van der Waals surface area contributed by atoms with Gasteiger partial charge in [-0.15, -0.1) is 0 Å². The summed E-state index contributed by atoms with van der Waals surface area (Å²) in [6.45, 7) is 2.77. The number of hydrogen-bond donors (Lipinski definition) is 2. The average Bonchev–Trinajstić information content (AvgIpc) is 2.83. The summed E-state index contributed by atoms with van der Waals surface area (Å²) in [6, 6.07) is 0. The molecule has 0 saturated heterocycles. The van der Waals surface area contributed by atoms with Gasteiger partial charge < -0.3 is 9.94 Å². The summed E-state index contributed by atoms with van der Waals surface area (Å²) in [4.78, 5) is 16.8. The van der Waals surface area contributed by atoms with Crippen molar-refractivity contribution in [2.75, 3.05) is 6.61 Å². The second-order valence-corrected chi connectivity index (χ2v) is 8.27. The summed E-state index contributed by atoms with van der Waals surface area (Å²) in [5.74, 6) is 7.84. The highest BCUT2D eigenvalue weighted by atomic mass is 16.6. The van der Waals surface area contributed by atoms with Gasteiger partial charge in [0.2, 0.25) is 0 Å². The van der Waals surface area contributed by atoms with E-state index in [2.05, 4.69) is 13.0 Å². The lowest BCUT2D eigenvalue weighted by atomic mass is 9.51. The van der Waals surface area contributed by atoms with E-state index in [-0.39, 0.29) is 23.2 Å². The Hall–Kier alpha value is -0.970. The molecule has 3 fully saturated rings. The third kappa shape index (κ3) is 2.26. The highest BCUT2D eigenvalue weighted by molar-refractivity contribution is 6.01. The average molecular weight is 317 g/mol. The first-order valence-electron chi connectivity index (χ1n) is 8.98. The molecule has 0 aromatic heterocycles. The van der Waals surface area contributed by atoms with Crippen LogP contribution in [0.5, 0.6) is 0 Å². The van der Waals surface area contributed by atoms with Crippen molar-refractivity contribution in [3.05, 3.63) is 23.8 Å². The highest BCUT2D eigenvalue weighted by Crippen LogP contribution is 2.62. The van der Waals surface area contributed by atoms with Crippen molar-refractivity contribution in [1.29, 1.82) is 0 Å². The first-order valence-corrected chi connectivity index (χ1v) is 8.98. The van der Waals surface area contributed by atoms with Crippen molar-refractivity contribution in [1.82, 2.24) is 0 Å². The van der Waals surface area contributed by atoms with E-state index in [1.807, 2.05) is 6.08 Å². The summed E-state index contributed by atoms with van der Waals surface area (Å²) < 4.78 is 0. The van der Waals surface area contributed by atoms with Gasteiger partial charge in [0.1, 0.15) is 0 Å². The fourth-order valence-electron chi connectivity index (χ4n) is 6.22. The van der Waals surface area contributed by atoms with Gasteiger partial charge in [-0.05, 0) is 67.4 Å². The van der Waals surface area contributed by atoms with Gasteiger partial charge in [-0.2, -0.15) is 0 Å². The summed E-state index contributed by atoms with van der Waals surface area (Å²) in [7, 11) is 0. The van der Waals surface area contributed by atoms with Crippen LogP contribution in [0.15, 0.2) is 23.8 Å². The van der Waals surface area contributed by atoms with Crippen molar-refractivity contribution in [3.8, 4) is 0 Å². The van der Waals surface area contributed by atoms with Gasteiger partial charge in [-0.1, -0.05) is 18.6 Å². The molecule has 4 nitrogen and oxygen atoms in total. The molecule has 4 rings (SSSR count). The fraction of sp³-hybridized carbons (Fsp3) is 0.737. The molecular formula is C19H27NO3. The summed E-state index contributed by atoms with van der Waals surface area (Å²) >= 11 is 0. The molecule has 126 valence electrons. The number of hydrogen-bond acceptors (Lipinski definition) is 4. The molecule has 0 aromatic carbocycles. The second kappa shape index (κ2) is 5.54. The summed E-state index contributed by atoms with van der Waals surface area (Å²) in [6.07, 6.45) is 10.9. The molecule has 23 heavy (non-hydrogen) atoms. The molecule has 0 radical (unpaired) electrons. The minimum absolute atomic E-state index is 0.0741. The Morgan fingerprint density at radius 3 is 2.96 bits per heavy atom. The highest BCUT2D eigenvalue weighted by Gasteiger charge is 2.56. The van der Waals surface area contributed by atoms with Crippen LogP contribution in [-0.2, 0) is 9.63 Å². The largest absolute Gasteiger partial charge is 0.393 e. The topological polar surface area (TPSA) is 72.5 Å². The van der Waals surface area contributed by atoms with Gasteiger partial charge >= 0.3 is 0 Å². The molecule has 0 bridgehead atoms. The number of rotatable bonds is 2. The monoisotopic (exact) mass is 317 g/mol. The number of carbonyl (C=O) groups is 1. The van der Waals surface area contributed by atoms with E-state index >= 15 is 0 Å². The smallest absolute Gasteiger partial charge is 0.178 e. The molecular weight excluding hydrogens is 290 g/mol. The molecule has 4 aliphatic carbocycles. The lowest BCUT2D eigenvalue weighted by Gasteiger charge is -2.54. The Kier molecular flexibility index (Phi) is 3.74. The Balaban J connectivity index is 1.68. The SMILES string of the molecule is C[C@]12CC[C@@H]3C4C=CC(=O)C=C4[C@H](CON)C[C@H]3[C@@H]1CCC2O. The Bertz CT molecular complexity index is 569. The molecule has 4 heteroatoms. The Morgan fingerprint density at radius 2 is 2.17 bits per heavy atom. The number of carbonyl (C=O) groups excluding carboxylic acids is 1. The van der Waals surface area contributed by atoms with Crippen LogP contribution in [0.3, 0.4) is 0 Å². The van der Waals surface area contributed by atoms with Gasteiger partial charge in [0.25, 0.3) is 0 Å². The zero-order valence-corrected chi connectivity index (χ0v) is 13.8. The van der Waals surface area contributed by atoms with E-state index in [4.69, 9.17) is 10.7 Å². The van der Waals surface area contributed by atoms with Crippen molar-refractivity contribution < 1.29 is 14.7 Å². The van der Waals surface area contributed by atoms with Crippen LogP contribution >= 0.6 is 0 Å². The van der Waals surface area contributed by atoms with E-state index in [9.17, 15) is 9.90 Å². The molecule has 7 atom stereocenters. The van der Waals surface area contributed by atoms with E-state index in [0.29, 0.717) is 30.3 Å². The number of aliphatic hydroxyl groups is 1. The van der Waals surface area contributed by atoms with Gasteiger partial charge in [0, 0.05) is 11.8 Å². The van der Waals surface area contributed by atoms with Crippen molar-refractivity contribution in [3.63, 3.8) is 0 Å². The molecule has 0 heterocycles. The number of ketones is 1. The van der Waals surface area contributed by atoms with Crippen LogP contribution in [-0.4, -0.2) is 23.6 Å². The maximum Gasteiger partial charge on any atom is 0.178 e. The predicted octanol–water partition coefficient (Wildman–Crippen LogP) is 2.38. The summed E-state index contributed by atoms with van der Waals surface area (Å²) in [5.41, 5.74) is 1.30. The van der Waals surface area contributed by atoms with E-state index in [1.165, 1.54) is 5.57 Å². The van der Waals surface area contributed by atoms with Crippen molar-refractivity contribution >= 4 is 5.78 Å². The normalized spacial score (nSPS) is 48.5. The van der Waals surface area contributed by atoms with Crippen LogP contribution in [0.25, 0.3) is 0 Å². The number of nitrogens with two attached hydrogens (primary N) is 1.